The van der Waals surface area contributed by atoms with E-state index in [0.29, 0.717) is 6.42 Å². The first-order chi connectivity index (χ1) is 8.49. The highest BCUT2D eigenvalue weighted by molar-refractivity contribution is 7.80. The molecule has 1 atom stereocenters. The molecule has 1 heterocycles. The molecule has 2 rings (SSSR count). The number of thiocarbonyl (C=S) groups is 1. The second-order valence-electron chi connectivity index (χ2n) is 4.39. The maximum atomic E-state index is 11.8. The smallest absolute Gasteiger partial charge is 0.249 e. The molecule has 94 valence electrons. The summed E-state index contributed by atoms with van der Waals surface area (Å²) in [5.74, 6) is -0.423. The van der Waals surface area contributed by atoms with Crippen molar-refractivity contribution >= 4 is 29.1 Å². The topological polar surface area (TPSA) is 49.4 Å². The molecular formula is C13H14N2O2S. The van der Waals surface area contributed by atoms with E-state index >= 15 is 0 Å². The number of amides is 2. The first kappa shape index (κ1) is 12.7. The summed E-state index contributed by atoms with van der Waals surface area (Å²) in [6.45, 7) is 3.40. The number of benzene rings is 1. The number of nitrogens with one attached hydrogen (secondary N) is 1. The van der Waals surface area contributed by atoms with Crippen molar-refractivity contribution in [2.75, 3.05) is 0 Å². The van der Waals surface area contributed by atoms with Crippen molar-refractivity contribution in [1.29, 1.82) is 0 Å². The van der Waals surface area contributed by atoms with Crippen LogP contribution < -0.4 is 5.32 Å². The van der Waals surface area contributed by atoms with Crippen LogP contribution in [0.1, 0.15) is 18.1 Å². The number of hydrogen-bond donors (Lipinski definition) is 1. The van der Waals surface area contributed by atoms with Gasteiger partial charge in [0.2, 0.25) is 11.8 Å². The van der Waals surface area contributed by atoms with Crippen LogP contribution in [0.4, 0.5) is 0 Å². The van der Waals surface area contributed by atoms with Crippen LogP contribution in [0, 0.1) is 6.92 Å². The first-order valence-corrected chi connectivity index (χ1v) is 6.10. The van der Waals surface area contributed by atoms with Gasteiger partial charge in [-0.3, -0.25) is 14.5 Å². The zero-order chi connectivity index (χ0) is 13.3. The predicted molar refractivity (Wildman–Crippen MR) is 71.9 cm³/mol. The van der Waals surface area contributed by atoms with Gasteiger partial charge in [-0.1, -0.05) is 29.8 Å². The minimum absolute atomic E-state index is 0.199. The molecule has 1 aliphatic rings. The molecule has 1 aromatic carbocycles. The van der Waals surface area contributed by atoms with Gasteiger partial charge < -0.3 is 5.32 Å². The van der Waals surface area contributed by atoms with E-state index in [1.54, 1.807) is 0 Å². The van der Waals surface area contributed by atoms with Crippen LogP contribution in [0.2, 0.25) is 0 Å². The third-order valence-corrected chi connectivity index (χ3v) is 3.21. The van der Waals surface area contributed by atoms with Crippen molar-refractivity contribution in [3.05, 3.63) is 35.4 Å². The molecule has 0 aliphatic carbocycles. The average Bonchev–Trinajstić information content (AvgIpc) is 2.53. The number of rotatable bonds is 2. The third-order valence-electron chi connectivity index (χ3n) is 2.91. The lowest BCUT2D eigenvalue weighted by molar-refractivity contribution is -0.131. The average molecular weight is 262 g/mol. The van der Waals surface area contributed by atoms with E-state index in [-0.39, 0.29) is 16.9 Å². The SMILES string of the molecule is CC(=O)N1C(=S)NC(=O)C1Cc1cccc(C)c1. The van der Waals surface area contributed by atoms with Crippen LogP contribution in [0.3, 0.4) is 0 Å². The van der Waals surface area contributed by atoms with Gasteiger partial charge in [-0.15, -0.1) is 0 Å². The van der Waals surface area contributed by atoms with E-state index in [0.717, 1.165) is 11.1 Å². The van der Waals surface area contributed by atoms with Crippen LogP contribution in [-0.2, 0) is 16.0 Å². The molecule has 4 nitrogen and oxygen atoms in total. The normalized spacial score (nSPS) is 19.0. The Hall–Kier alpha value is -1.75. The van der Waals surface area contributed by atoms with Crippen molar-refractivity contribution in [3.8, 4) is 0 Å². The van der Waals surface area contributed by atoms with Gasteiger partial charge in [0.25, 0.3) is 0 Å². The van der Waals surface area contributed by atoms with Crippen LogP contribution in [0.25, 0.3) is 0 Å². The zero-order valence-corrected chi connectivity index (χ0v) is 11.1. The quantitative estimate of drug-likeness (QED) is 0.814. The summed E-state index contributed by atoms with van der Waals surface area (Å²) in [7, 11) is 0. The Morgan fingerprint density at radius 1 is 1.50 bits per heavy atom. The fourth-order valence-corrected chi connectivity index (χ4v) is 2.47. The summed E-state index contributed by atoms with van der Waals surface area (Å²) in [4.78, 5) is 24.7. The number of carbonyl (C=O) groups is 2. The summed E-state index contributed by atoms with van der Waals surface area (Å²) >= 11 is 4.99. The lowest BCUT2D eigenvalue weighted by Crippen LogP contribution is -2.40. The molecule has 1 aliphatic heterocycles. The molecule has 5 heteroatoms. The molecule has 0 spiro atoms. The van der Waals surface area contributed by atoms with Crippen LogP contribution in [-0.4, -0.2) is 27.9 Å². The first-order valence-electron chi connectivity index (χ1n) is 5.69. The Morgan fingerprint density at radius 3 is 2.83 bits per heavy atom. The summed E-state index contributed by atoms with van der Waals surface area (Å²) < 4.78 is 0. The molecule has 0 saturated carbocycles. The molecule has 2 amide bonds. The fraction of sp³-hybridized carbons (Fsp3) is 0.308. The molecule has 18 heavy (non-hydrogen) atoms. The van der Waals surface area contributed by atoms with Gasteiger partial charge in [0.1, 0.15) is 6.04 Å². The predicted octanol–water partition coefficient (Wildman–Crippen LogP) is 1.17. The molecular weight excluding hydrogens is 248 g/mol. The Bertz CT molecular complexity index is 527. The Balaban J connectivity index is 2.24. The highest BCUT2D eigenvalue weighted by Crippen LogP contribution is 2.16. The molecule has 0 radical (unpaired) electrons. The monoisotopic (exact) mass is 262 g/mol. The Labute approximate surface area is 111 Å². The highest BCUT2D eigenvalue weighted by Gasteiger charge is 2.38. The minimum Gasteiger partial charge on any atom is -0.301 e. The molecule has 1 saturated heterocycles. The van der Waals surface area contributed by atoms with E-state index in [4.69, 9.17) is 12.2 Å². The Morgan fingerprint density at radius 2 is 2.22 bits per heavy atom. The van der Waals surface area contributed by atoms with Crippen molar-refractivity contribution < 1.29 is 9.59 Å². The van der Waals surface area contributed by atoms with Gasteiger partial charge in [0.05, 0.1) is 0 Å². The number of hydrogen-bond acceptors (Lipinski definition) is 3. The van der Waals surface area contributed by atoms with Gasteiger partial charge in [0.15, 0.2) is 5.11 Å². The third kappa shape index (κ3) is 2.41. The molecule has 0 bridgehead atoms. The summed E-state index contributed by atoms with van der Waals surface area (Å²) in [6.07, 6.45) is 0.479. The maximum absolute atomic E-state index is 11.8. The van der Waals surface area contributed by atoms with Gasteiger partial charge in [-0.2, -0.15) is 0 Å². The minimum atomic E-state index is -0.531. The second-order valence-corrected chi connectivity index (χ2v) is 4.78. The number of aryl methyl sites for hydroxylation is 1. The van der Waals surface area contributed by atoms with Crippen LogP contribution >= 0.6 is 12.2 Å². The van der Waals surface area contributed by atoms with E-state index in [1.807, 2.05) is 31.2 Å². The van der Waals surface area contributed by atoms with E-state index in [9.17, 15) is 9.59 Å². The van der Waals surface area contributed by atoms with Gasteiger partial charge >= 0.3 is 0 Å². The van der Waals surface area contributed by atoms with Crippen LogP contribution in [0.5, 0.6) is 0 Å². The standard InChI is InChI=1S/C13H14N2O2S/c1-8-4-3-5-10(6-8)7-11-12(17)14-13(18)15(11)9(2)16/h3-6,11H,7H2,1-2H3,(H,14,17,18). The number of nitrogens with zero attached hydrogens (tertiary/aromatic N) is 1. The van der Waals surface area contributed by atoms with Crippen molar-refractivity contribution in [2.45, 2.75) is 26.3 Å². The van der Waals surface area contributed by atoms with Gasteiger partial charge in [0, 0.05) is 13.3 Å². The van der Waals surface area contributed by atoms with E-state index < -0.39 is 6.04 Å². The summed E-state index contributed by atoms with van der Waals surface area (Å²) in [5, 5.41) is 2.73. The molecule has 1 unspecified atom stereocenters. The van der Waals surface area contributed by atoms with E-state index in [2.05, 4.69) is 5.32 Å². The molecule has 0 aromatic heterocycles. The van der Waals surface area contributed by atoms with Crippen molar-refractivity contribution in [2.24, 2.45) is 0 Å². The Kier molecular flexibility index (Phi) is 3.43. The largest absolute Gasteiger partial charge is 0.301 e. The second kappa shape index (κ2) is 4.86. The lowest BCUT2D eigenvalue weighted by Gasteiger charge is -2.19. The van der Waals surface area contributed by atoms with Crippen molar-refractivity contribution in [1.82, 2.24) is 10.2 Å². The summed E-state index contributed by atoms with van der Waals surface area (Å²) in [5.41, 5.74) is 2.15. The van der Waals surface area contributed by atoms with Crippen LogP contribution in [0.15, 0.2) is 24.3 Å². The molecule has 1 N–H and O–H groups in total. The summed E-state index contributed by atoms with van der Waals surface area (Å²) in [6, 6.07) is 7.35. The maximum Gasteiger partial charge on any atom is 0.249 e. The van der Waals surface area contributed by atoms with E-state index in [1.165, 1.54) is 11.8 Å². The van der Waals surface area contributed by atoms with Crippen molar-refractivity contribution in [3.63, 3.8) is 0 Å². The van der Waals surface area contributed by atoms with Gasteiger partial charge in [-0.25, -0.2) is 0 Å². The van der Waals surface area contributed by atoms with Gasteiger partial charge in [-0.05, 0) is 24.7 Å². The number of carbonyl (C=O) groups excluding carboxylic acids is 2. The molecule has 1 aromatic rings. The molecule has 1 fully saturated rings. The zero-order valence-electron chi connectivity index (χ0n) is 10.3. The highest BCUT2D eigenvalue weighted by atomic mass is 32.1. The fourth-order valence-electron chi connectivity index (χ4n) is 2.12. The lowest BCUT2D eigenvalue weighted by atomic mass is 10.0.